The Morgan fingerprint density at radius 3 is 2.54 bits per heavy atom. The molecule has 0 spiro atoms. The van der Waals surface area contributed by atoms with Crippen molar-refractivity contribution in [3.63, 3.8) is 0 Å². The molecule has 0 bridgehead atoms. The van der Waals surface area contributed by atoms with Crippen LogP contribution in [0, 0.1) is 0 Å². The second-order valence-electron chi connectivity index (χ2n) is 6.19. The van der Waals surface area contributed by atoms with E-state index in [1.165, 1.54) is 0 Å². The van der Waals surface area contributed by atoms with Crippen molar-refractivity contribution in [3.8, 4) is 5.75 Å². The van der Waals surface area contributed by atoms with E-state index < -0.39 is 11.6 Å². The fourth-order valence-corrected chi connectivity index (χ4v) is 2.45. The molecular weight excluding hydrogens is 326 g/mol. The van der Waals surface area contributed by atoms with E-state index in [-0.39, 0.29) is 12.5 Å². The highest BCUT2D eigenvalue weighted by Crippen LogP contribution is 2.22. The zero-order valence-corrected chi connectivity index (χ0v) is 14.8. The number of hydrogen-bond donors (Lipinski definition) is 2. The largest absolute Gasteiger partial charge is 0.481 e. The van der Waals surface area contributed by atoms with Gasteiger partial charge in [0.05, 0.1) is 12.1 Å². The third kappa shape index (κ3) is 4.73. The van der Waals surface area contributed by atoms with Crippen molar-refractivity contribution in [1.29, 1.82) is 0 Å². The maximum absolute atomic E-state index is 12.4. The first-order valence-electron chi connectivity index (χ1n) is 7.76. The number of rotatable bonds is 6. The van der Waals surface area contributed by atoms with Crippen LogP contribution < -0.4 is 10.1 Å². The summed E-state index contributed by atoms with van der Waals surface area (Å²) >= 11 is 5.91. The molecule has 0 aliphatic heterocycles. The van der Waals surface area contributed by atoms with Crippen molar-refractivity contribution in [2.24, 2.45) is 0 Å². The lowest BCUT2D eigenvalue weighted by molar-refractivity contribution is -0.129. The summed E-state index contributed by atoms with van der Waals surface area (Å²) in [5.41, 5.74) is 1.14. The van der Waals surface area contributed by atoms with Crippen LogP contribution in [0.15, 0.2) is 48.5 Å². The van der Waals surface area contributed by atoms with E-state index in [2.05, 4.69) is 5.32 Å². The van der Waals surface area contributed by atoms with E-state index in [0.717, 1.165) is 11.1 Å². The van der Waals surface area contributed by atoms with Gasteiger partial charge in [0.2, 0.25) is 0 Å². The highest BCUT2D eigenvalue weighted by molar-refractivity contribution is 6.30. The Labute approximate surface area is 147 Å². The summed E-state index contributed by atoms with van der Waals surface area (Å²) in [5.74, 6) is 0.331. The Morgan fingerprint density at radius 2 is 1.92 bits per heavy atom. The molecule has 0 saturated carbocycles. The number of benzene rings is 2. The molecule has 0 heterocycles. The predicted octanol–water partition coefficient (Wildman–Crippen LogP) is 3.65. The Bertz CT molecular complexity index is 698. The summed E-state index contributed by atoms with van der Waals surface area (Å²) in [4.78, 5) is 12.4. The van der Waals surface area contributed by atoms with Crippen LogP contribution >= 0.6 is 11.6 Å². The molecule has 0 aromatic heterocycles. The molecule has 128 valence electrons. The van der Waals surface area contributed by atoms with Gasteiger partial charge in [-0.05, 0) is 56.2 Å². The number of aliphatic hydroxyl groups is 1. The lowest BCUT2D eigenvalue weighted by Gasteiger charge is -2.28. The van der Waals surface area contributed by atoms with Gasteiger partial charge in [-0.2, -0.15) is 0 Å². The van der Waals surface area contributed by atoms with Gasteiger partial charge in [-0.1, -0.05) is 35.9 Å². The minimum Gasteiger partial charge on any atom is -0.481 e. The second-order valence-corrected chi connectivity index (χ2v) is 6.62. The van der Waals surface area contributed by atoms with Crippen LogP contribution in [0.3, 0.4) is 0 Å². The standard InChI is InChI=1S/C19H22ClNO3/c1-13(24-17-6-4-5-14(11-17)12-22)18(23)21-19(2,3)15-7-9-16(20)10-8-15/h4-11,13,22H,12H2,1-3H3,(H,21,23). The summed E-state index contributed by atoms with van der Waals surface area (Å²) in [7, 11) is 0. The quantitative estimate of drug-likeness (QED) is 0.838. The third-order valence-corrected chi connectivity index (χ3v) is 4.02. The van der Waals surface area contributed by atoms with Gasteiger partial charge in [-0.3, -0.25) is 4.79 Å². The van der Waals surface area contributed by atoms with Crippen molar-refractivity contribution < 1.29 is 14.6 Å². The molecule has 0 radical (unpaired) electrons. The average Bonchev–Trinajstić information content (AvgIpc) is 2.55. The average molecular weight is 348 g/mol. The van der Waals surface area contributed by atoms with Gasteiger partial charge < -0.3 is 15.2 Å². The SMILES string of the molecule is CC(Oc1cccc(CO)c1)C(=O)NC(C)(C)c1ccc(Cl)cc1. The molecule has 2 aromatic carbocycles. The lowest BCUT2D eigenvalue weighted by atomic mass is 9.94. The van der Waals surface area contributed by atoms with E-state index in [9.17, 15) is 4.79 Å². The molecule has 2 aromatic rings. The Hall–Kier alpha value is -2.04. The van der Waals surface area contributed by atoms with Gasteiger partial charge in [0.1, 0.15) is 5.75 Å². The number of aliphatic hydroxyl groups excluding tert-OH is 1. The minimum absolute atomic E-state index is 0.0681. The topological polar surface area (TPSA) is 58.6 Å². The van der Waals surface area contributed by atoms with Crippen LogP contribution in [0.5, 0.6) is 5.75 Å². The maximum Gasteiger partial charge on any atom is 0.261 e. The Morgan fingerprint density at radius 1 is 1.25 bits per heavy atom. The molecular formula is C19H22ClNO3. The summed E-state index contributed by atoms with van der Waals surface area (Å²) in [6, 6.07) is 14.4. The summed E-state index contributed by atoms with van der Waals surface area (Å²) in [5, 5.41) is 12.8. The van der Waals surface area contributed by atoms with E-state index in [4.69, 9.17) is 21.4 Å². The summed E-state index contributed by atoms with van der Waals surface area (Å²) in [6.45, 7) is 5.47. The fraction of sp³-hybridized carbons (Fsp3) is 0.316. The molecule has 0 fully saturated rings. The summed E-state index contributed by atoms with van der Waals surface area (Å²) in [6.07, 6.45) is -0.662. The molecule has 1 atom stereocenters. The fourth-order valence-electron chi connectivity index (χ4n) is 2.32. The van der Waals surface area contributed by atoms with Crippen LogP contribution in [0.1, 0.15) is 31.9 Å². The van der Waals surface area contributed by atoms with Gasteiger partial charge in [-0.25, -0.2) is 0 Å². The van der Waals surface area contributed by atoms with Crippen molar-refractivity contribution in [1.82, 2.24) is 5.32 Å². The first-order valence-corrected chi connectivity index (χ1v) is 8.14. The third-order valence-electron chi connectivity index (χ3n) is 3.76. The number of ether oxygens (including phenoxy) is 1. The molecule has 2 rings (SSSR count). The molecule has 2 N–H and O–H groups in total. The molecule has 1 amide bonds. The number of hydrogen-bond acceptors (Lipinski definition) is 3. The van der Waals surface area contributed by atoms with Crippen LogP contribution in [0.25, 0.3) is 0 Å². The number of carbonyl (C=O) groups excluding carboxylic acids is 1. The normalized spacial score (nSPS) is 12.5. The number of amides is 1. The molecule has 5 heteroatoms. The number of halogens is 1. The van der Waals surface area contributed by atoms with E-state index >= 15 is 0 Å². The van der Waals surface area contributed by atoms with Gasteiger partial charge >= 0.3 is 0 Å². The molecule has 0 aliphatic carbocycles. The molecule has 4 nitrogen and oxygen atoms in total. The molecule has 1 unspecified atom stereocenters. The van der Waals surface area contributed by atoms with Crippen molar-refractivity contribution in [2.75, 3.05) is 0 Å². The Kier molecular flexibility index (Phi) is 5.86. The highest BCUT2D eigenvalue weighted by atomic mass is 35.5. The van der Waals surface area contributed by atoms with Crippen LogP contribution in [-0.2, 0) is 16.9 Å². The molecule has 0 saturated heterocycles. The van der Waals surface area contributed by atoms with Crippen LogP contribution in [-0.4, -0.2) is 17.1 Å². The van der Waals surface area contributed by atoms with Crippen molar-refractivity contribution >= 4 is 17.5 Å². The zero-order chi connectivity index (χ0) is 17.7. The summed E-state index contributed by atoms with van der Waals surface area (Å²) < 4.78 is 5.68. The van der Waals surface area contributed by atoms with Gasteiger partial charge in [0, 0.05) is 5.02 Å². The van der Waals surface area contributed by atoms with Crippen molar-refractivity contribution in [2.45, 2.75) is 39.0 Å². The minimum atomic E-state index is -0.662. The number of carbonyl (C=O) groups is 1. The van der Waals surface area contributed by atoms with E-state index in [0.29, 0.717) is 10.8 Å². The number of nitrogens with one attached hydrogen (secondary N) is 1. The first-order chi connectivity index (χ1) is 11.3. The van der Waals surface area contributed by atoms with Gasteiger partial charge in [0.15, 0.2) is 6.10 Å². The second kappa shape index (κ2) is 7.69. The van der Waals surface area contributed by atoms with Gasteiger partial charge in [-0.15, -0.1) is 0 Å². The van der Waals surface area contributed by atoms with E-state index in [1.54, 1.807) is 43.3 Å². The highest BCUT2D eigenvalue weighted by Gasteiger charge is 2.26. The zero-order valence-electron chi connectivity index (χ0n) is 14.0. The van der Waals surface area contributed by atoms with E-state index in [1.807, 2.05) is 26.0 Å². The van der Waals surface area contributed by atoms with Crippen LogP contribution in [0.4, 0.5) is 0 Å². The maximum atomic E-state index is 12.4. The Balaban J connectivity index is 2.03. The molecule has 0 aliphatic rings. The van der Waals surface area contributed by atoms with Crippen LogP contribution in [0.2, 0.25) is 5.02 Å². The monoisotopic (exact) mass is 347 g/mol. The predicted molar refractivity (Wildman–Crippen MR) is 95.1 cm³/mol. The van der Waals surface area contributed by atoms with Crippen molar-refractivity contribution in [3.05, 3.63) is 64.7 Å². The smallest absolute Gasteiger partial charge is 0.261 e. The lowest BCUT2D eigenvalue weighted by Crippen LogP contribution is -2.46. The molecule has 24 heavy (non-hydrogen) atoms. The first kappa shape index (κ1) is 18.3. The van der Waals surface area contributed by atoms with Gasteiger partial charge in [0.25, 0.3) is 5.91 Å².